The number of nitrogens with two attached hydrogens (primary N) is 1. The highest BCUT2D eigenvalue weighted by Crippen LogP contribution is 2.23. The van der Waals surface area contributed by atoms with Crippen molar-refractivity contribution < 1.29 is 14.3 Å². The van der Waals surface area contributed by atoms with Crippen LogP contribution >= 0.6 is 0 Å². The molecule has 0 radical (unpaired) electrons. The molecule has 0 heterocycles. The maximum atomic E-state index is 12.3. The van der Waals surface area contributed by atoms with Crippen molar-refractivity contribution in [3.05, 3.63) is 54.1 Å². The minimum absolute atomic E-state index is 0.0864. The molecule has 2 aromatic carbocycles. The SMILES string of the molecule is Cc1ccc(Oc2ccc(NC(=O)[C@H](NC(N)=O)C(C)C)cc2)cc1. The molecule has 0 saturated carbocycles. The molecule has 2 aromatic rings. The number of carbonyl (C=O) groups is 2. The fourth-order valence-corrected chi connectivity index (χ4v) is 2.26. The van der Waals surface area contributed by atoms with Crippen molar-refractivity contribution in [2.75, 3.05) is 5.32 Å². The zero-order valence-corrected chi connectivity index (χ0v) is 14.6. The van der Waals surface area contributed by atoms with Crippen LogP contribution in [-0.4, -0.2) is 18.0 Å². The van der Waals surface area contributed by atoms with E-state index in [9.17, 15) is 9.59 Å². The van der Waals surface area contributed by atoms with E-state index in [4.69, 9.17) is 10.5 Å². The van der Waals surface area contributed by atoms with Crippen molar-refractivity contribution in [2.45, 2.75) is 26.8 Å². The first-order valence-corrected chi connectivity index (χ1v) is 8.06. The lowest BCUT2D eigenvalue weighted by Crippen LogP contribution is -2.49. The van der Waals surface area contributed by atoms with E-state index in [-0.39, 0.29) is 11.8 Å². The molecule has 6 heteroatoms. The molecular formula is C19H23N3O3. The van der Waals surface area contributed by atoms with E-state index in [1.54, 1.807) is 24.3 Å². The molecule has 0 aliphatic heterocycles. The molecule has 0 saturated heterocycles. The van der Waals surface area contributed by atoms with Crippen LogP contribution in [0, 0.1) is 12.8 Å². The summed E-state index contributed by atoms with van der Waals surface area (Å²) in [6.07, 6.45) is 0. The van der Waals surface area contributed by atoms with E-state index in [0.29, 0.717) is 11.4 Å². The van der Waals surface area contributed by atoms with E-state index in [1.165, 1.54) is 0 Å². The lowest BCUT2D eigenvalue weighted by Gasteiger charge is -2.20. The van der Waals surface area contributed by atoms with Crippen molar-refractivity contribution in [2.24, 2.45) is 11.7 Å². The standard InChI is InChI=1S/C19H23N3O3/c1-12(2)17(22-19(20)24)18(23)21-14-6-10-16(11-7-14)25-15-8-4-13(3)5-9-15/h4-12,17H,1-3H3,(H,21,23)(H3,20,22,24)/t17-/m1/s1. The minimum Gasteiger partial charge on any atom is -0.457 e. The highest BCUT2D eigenvalue weighted by molar-refractivity contribution is 5.97. The van der Waals surface area contributed by atoms with Crippen LogP contribution in [0.3, 0.4) is 0 Å². The van der Waals surface area contributed by atoms with Crippen molar-refractivity contribution in [1.29, 1.82) is 0 Å². The van der Waals surface area contributed by atoms with Gasteiger partial charge in [-0.15, -0.1) is 0 Å². The summed E-state index contributed by atoms with van der Waals surface area (Å²) in [5, 5.41) is 5.21. The third-order valence-electron chi connectivity index (χ3n) is 3.63. The molecule has 0 aromatic heterocycles. The van der Waals surface area contributed by atoms with Gasteiger partial charge in [0.15, 0.2) is 0 Å². The summed E-state index contributed by atoms with van der Waals surface area (Å²) in [6.45, 7) is 5.68. The molecule has 1 atom stereocenters. The third kappa shape index (κ3) is 5.53. The van der Waals surface area contributed by atoms with Gasteiger partial charge < -0.3 is 21.1 Å². The zero-order valence-electron chi connectivity index (χ0n) is 14.6. The summed E-state index contributed by atoms with van der Waals surface area (Å²) in [5.74, 6) is 1.00. The number of urea groups is 1. The quantitative estimate of drug-likeness (QED) is 0.751. The Morgan fingerprint density at radius 3 is 1.96 bits per heavy atom. The molecule has 2 rings (SSSR count). The van der Waals surface area contributed by atoms with Gasteiger partial charge in [-0.2, -0.15) is 0 Å². The molecule has 3 amide bonds. The molecule has 0 aliphatic rings. The van der Waals surface area contributed by atoms with Gasteiger partial charge in [0, 0.05) is 5.69 Å². The van der Waals surface area contributed by atoms with Crippen molar-refractivity contribution >= 4 is 17.6 Å². The highest BCUT2D eigenvalue weighted by atomic mass is 16.5. The average Bonchev–Trinajstić information content (AvgIpc) is 2.56. The lowest BCUT2D eigenvalue weighted by molar-refractivity contribution is -0.118. The van der Waals surface area contributed by atoms with Crippen LogP contribution in [0.15, 0.2) is 48.5 Å². The Morgan fingerprint density at radius 2 is 1.48 bits per heavy atom. The first-order valence-electron chi connectivity index (χ1n) is 8.06. The predicted octanol–water partition coefficient (Wildman–Crippen LogP) is 3.42. The predicted molar refractivity (Wildman–Crippen MR) is 97.7 cm³/mol. The second-order valence-corrected chi connectivity index (χ2v) is 6.16. The second kappa shape index (κ2) is 8.19. The number of carbonyl (C=O) groups excluding carboxylic acids is 2. The first-order chi connectivity index (χ1) is 11.8. The van der Waals surface area contributed by atoms with E-state index in [1.807, 2.05) is 45.0 Å². The monoisotopic (exact) mass is 341 g/mol. The zero-order chi connectivity index (χ0) is 18.4. The van der Waals surface area contributed by atoms with Crippen LogP contribution in [0.4, 0.5) is 10.5 Å². The van der Waals surface area contributed by atoms with Crippen LogP contribution in [0.1, 0.15) is 19.4 Å². The fraction of sp³-hybridized carbons (Fsp3) is 0.263. The van der Waals surface area contributed by atoms with Gasteiger partial charge in [0.1, 0.15) is 17.5 Å². The molecule has 0 aliphatic carbocycles. The van der Waals surface area contributed by atoms with Gasteiger partial charge in [0.25, 0.3) is 0 Å². The van der Waals surface area contributed by atoms with Gasteiger partial charge in [-0.3, -0.25) is 4.79 Å². The van der Waals surface area contributed by atoms with Crippen LogP contribution < -0.4 is 21.1 Å². The molecule has 25 heavy (non-hydrogen) atoms. The van der Waals surface area contributed by atoms with Gasteiger partial charge in [-0.05, 0) is 49.2 Å². The molecule has 0 spiro atoms. The minimum atomic E-state index is -0.726. The maximum absolute atomic E-state index is 12.3. The van der Waals surface area contributed by atoms with Crippen LogP contribution in [0.2, 0.25) is 0 Å². The number of benzene rings is 2. The average molecular weight is 341 g/mol. The van der Waals surface area contributed by atoms with E-state index in [0.717, 1.165) is 11.3 Å². The number of hydrogen-bond donors (Lipinski definition) is 3. The number of rotatable bonds is 6. The number of primary amides is 1. The lowest BCUT2D eigenvalue weighted by atomic mass is 10.0. The van der Waals surface area contributed by atoms with Crippen molar-refractivity contribution in [3.8, 4) is 11.5 Å². The number of nitrogens with one attached hydrogen (secondary N) is 2. The van der Waals surface area contributed by atoms with E-state index >= 15 is 0 Å². The van der Waals surface area contributed by atoms with Gasteiger partial charge in [0.2, 0.25) is 5.91 Å². The second-order valence-electron chi connectivity index (χ2n) is 6.16. The normalized spacial score (nSPS) is 11.7. The van der Waals surface area contributed by atoms with Crippen molar-refractivity contribution in [3.63, 3.8) is 0 Å². The van der Waals surface area contributed by atoms with Gasteiger partial charge >= 0.3 is 6.03 Å². The number of amides is 3. The third-order valence-corrected chi connectivity index (χ3v) is 3.63. The maximum Gasteiger partial charge on any atom is 0.312 e. The van der Waals surface area contributed by atoms with Crippen LogP contribution in [0.5, 0.6) is 11.5 Å². The van der Waals surface area contributed by atoms with Gasteiger partial charge in [-0.25, -0.2) is 4.79 Å². The number of hydrogen-bond acceptors (Lipinski definition) is 3. The highest BCUT2D eigenvalue weighted by Gasteiger charge is 2.23. The Morgan fingerprint density at radius 1 is 0.960 bits per heavy atom. The molecule has 4 N–H and O–H groups in total. The fourth-order valence-electron chi connectivity index (χ4n) is 2.26. The molecular weight excluding hydrogens is 318 g/mol. The topological polar surface area (TPSA) is 93.4 Å². The van der Waals surface area contributed by atoms with Crippen molar-refractivity contribution in [1.82, 2.24) is 5.32 Å². The molecule has 132 valence electrons. The number of anilines is 1. The van der Waals surface area contributed by atoms with E-state index in [2.05, 4.69) is 10.6 Å². The Labute approximate surface area is 147 Å². The Hall–Kier alpha value is -3.02. The first kappa shape index (κ1) is 18.3. The summed E-state index contributed by atoms with van der Waals surface area (Å²) in [4.78, 5) is 23.3. The number of ether oxygens (including phenoxy) is 1. The molecule has 0 bridgehead atoms. The summed E-state index contributed by atoms with van der Waals surface area (Å²) in [7, 11) is 0. The smallest absolute Gasteiger partial charge is 0.312 e. The molecule has 0 fully saturated rings. The molecule has 6 nitrogen and oxygen atoms in total. The summed E-state index contributed by atoms with van der Waals surface area (Å²) >= 11 is 0. The van der Waals surface area contributed by atoms with E-state index < -0.39 is 12.1 Å². The summed E-state index contributed by atoms with van der Waals surface area (Å²) in [5.41, 5.74) is 6.89. The number of aryl methyl sites for hydroxylation is 1. The van der Waals surface area contributed by atoms with Crippen LogP contribution in [-0.2, 0) is 4.79 Å². The summed E-state index contributed by atoms with van der Waals surface area (Å²) < 4.78 is 5.75. The Kier molecular flexibility index (Phi) is 6.00. The summed E-state index contributed by atoms with van der Waals surface area (Å²) in [6, 6.07) is 13.3. The Bertz CT molecular complexity index is 725. The largest absolute Gasteiger partial charge is 0.457 e. The Balaban J connectivity index is 2.00. The van der Waals surface area contributed by atoms with Crippen LogP contribution in [0.25, 0.3) is 0 Å². The molecule has 0 unspecified atom stereocenters. The van der Waals surface area contributed by atoms with Gasteiger partial charge in [-0.1, -0.05) is 31.5 Å². The van der Waals surface area contributed by atoms with Gasteiger partial charge in [0.05, 0.1) is 0 Å².